The zero-order valence-corrected chi connectivity index (χ0v) is 19.3. The lowest BCUT2D eigenvalue weighted by Crippen LogP contribution is -2.49. The van der Waals surface area contributed by atoms with Crippen LogP contribution in [0, 0.1) is 12.7 Å². The SMILES string of the molecule is Cc1cc(N2CCN(C(=O)c3cccc(Oc4ccc(F)cc4)c3)CC2)nc(N2CCCC2)n1. The van der Waals surface area contributed by atoms with E-state index in [0.29, 0.717) is 43.2 Å². The first-order valence-electron chi connectivity index (χ1n) is 11.7. The Hall–Kier alpha value is -3.68. The van der Waals surface area contributed by atoms with Gasteiger partial charge >= 0.3 is 0 Å². The van der Waals surface area contributed by atoms with Crippen LogP contribution in [0.3, 0.4) is 0 Å². The van der Waals surface area contributed by atoms with Gasteiger partial charge in [-0.1, -0.05) is 6.07 Å². The Kier molecular flexibility index (Phi) is 6.29. The molecule has 34 heavy (non-hydrogen) atoms. The number of nitrogens with zero attached hydrogens (tertiary/aromatic N) is 5. The molecule has 2 aliphatic heterocycles. The average molecular weight is 462 g/mol. The fraction of sp³-hybridized carbons (Fsp3) is 0.346. The summed E-state index contributed by atoms with van der Waals surface area (Å²) >= 11 is 0. The number of anilines is 2. The molecule has 3 heterocycles. The highest BCUT2D eigenvalue weighted by molar-refractivity contribution is 5.94. The molecule has 0 N–H and O–H groups in total. The third-order valence-electron chi connectivity index (χ3n) is 6.24. The normalized spacial score (nSPS) is 16.1. The third-order valence-corrected chi connectivity index (χ3v) is 6.24. The van der Waals surface area contributed by atoms with Crippen molar-refractivity contribution in [1.82, 2.24) is 14.9 Å². The molecule has 176 valence electrons. The van der Waals surface area contributed by atoms with Gasteiger partial charge in [-0.15, -0.1) is 0 Å². The maximum Gasteiger partial charge on any atom is 0.254 e. The van der Waals surface area contributed by atoms with Crippen molar-refractivity contribution in [3.8, 4) is 11.5 Å². The number of aromatic nitrogens is 2. The Bertz CT molecular complexity index is 1160. The number of amides is 1. The number of carbonyl (C=O) groups is 1. The molecule has 1 amide bonds. The second-order valence-electron chi connectivity index (χ2n) is 8.72. The molecule has 5 rings (SSSR count). The van der Waals surface area contributed by atoms with Gasteiger partial charge in [-0.25, -0.2) is 9.37 Å². The van der Waals surface area contributed by atoms with Gasteiger partial charge < -0.3 is 19.4 Å². The van der Waals surface area contributed by atoms with Crippen molar-refractivity contribution in [1.29, 1.82) is 0 Å². The van der Waals surface area contributed by atoms with E-state index < -0.39 is 0 Å². The van der Waals surface area contributed by atoms with Gasteiger partial charge in [0, 0.05) is 56.6 Å². The lowest BCUT2D eigenvalue weighted by Gasteiger charge is -2.35. The summed E-state index contributed by atoms with van der Waals surface area (Å²) in [5, 5.41) is 0. The van der Waals surface area contributed by atoms with Crippen molar-refractivity contribution in [2.45, 2.75) is 19.8 Å². The minimum Gasteiger partial charge on any atom is -0.457 e. The molecule has 0 unspecified atom stereocenters. The molecule has 0 spiro atoms. The molecular formula is C26H28FN5O2. The molecule has 2 aliphatic rings. The molecule has 0 bridgehead atoms. The second kappa shape index (κ2) is 9.67. The highest BCUT2D eigenvalue weighted by atomic mass is 19.1. The summed E-state index contributed by atoms with van der Waals surface area (Å²) in [5.41, 5.74) is 1.53. The number of aryl methyl sites for hydroxylation is 1. The fourth-order valence-corrected chi connectivity index (χ4v) is 4.41. The first kappa shape index (κ1) is 22.1. The first-order valence-corrected chi connectivity index (χ1v) is 11.7. The van der Waals surface area contributed by atoms with Gasteiger partial charge in [0.15, 0.2) is 0 Å². The molecular weight excluding hydrogens is 433 g/mol. The van der Waals surface area contributed by atoms with Crippen LogP contribution in [0.25, 0.3) is 0 Å². The van der Waals surface area contributed by atoms with Crippen molar-refractivity contribution < 1.29 is 13.9 Å². The van der Waals surface area contributed by atoms with Gasteiger partial charge in [0.2, 0.25) is 5.95 Å². The third kappa shape index (κ3) is 4.95. The van der Waals surface area contributed by atoms with Crippen LogP contribution in [0.1, 0.15) is 28.9 Å². The van der Waals surface area contributed by atoms with Crippen LogP contribution in [0.5, 0.6) is 11.5 Å². The van der Waals surface area contributed by atoms with E-state index in [-0.39, 0.29) is 11.7 Å². The zero-order valence-electron chi connectivity index (χ0n) is 19.3. The van der Waals surface area contributed by atoms with Crippen LogP contribution in [-0.2, 0) is 0 Å². The fourth-order valence-electron chi connectivity index (χ4n) is 4.41. The van der Waals surface area contributed by atoms with E-state index in [0.717, 1.165) is 30.5 Å². The molecule has 2 saturated heterocycles. The van der Waals surface area contributed by atoms with Gasteiger partial charge in [0.05, 0.1) is 0 Å². The average Bonchev–Trinajstić information content (AvgIpc) is 3.40. The predicted molar refractivity (Wildman–Crippen MR) is 129 cm³/mol. The quantitative estimate of drug-likeness (QED) is 0.565. The molecule has 2 fully saturated rings. The Morgan fingerprint density at radius 2 is 1.59 bits per heavy atom. The highest BCUT2D eigenvalue weighted by Crippen LogP contribution is 2.25. The summed E-state index contributed by atoms with van der Waals surface area (Å²) in [6, 6.07) is 14.9. The summed E-state index contributed by atoms with van der Waals surface area (Å²) in [7, 11) is 0. The van der Waals surface area contributed by atoms with Crippen LogP contribution >= 0.6 is 0 Å². The summed E-state index contributed by atoms with van der Waals surface area (Å²) < 4.78 is 18.9. The van der Waals surface area contributed by atoms with E-state index in [2.05, 4.69) is 14.8 Å². The number of carbonyl (C=O) groups excluding carboxylic acids is 1. The molecule has 0 radical (unpaired) electrons. The maximum absolute atomic E-state index is 13.1. The Balaban J connectivity index is 1.23. The molecule has 7 nitrogen and oxygen atoms in total. The van der Waals surface area contributed by atoms with Crippen molar-refractivity contribution in [2.75, 3.05) is 49.1 Å². The van der Waals surface area contributed by atoms with Crippen LogP contribution in [0.2, 0.25) is 0 Å². The number of hydrogen-bond donors (Lipinski definition) is 0. The minimum absolute atomic E-state index is 0.0270. The van der Waals surface area contributed by atoms with E-state index in [1.807, 2.05) is 17.9 Å². The molecule has 0 aliphatic carbocycles. The van der Waals surface area contributed by atoms with Gasteiger partial charge in [-0.3, -0.25) is 4.79 Å². The van der Waals surface area contributed by atoms with Crippen LogP contribution in [0.15, 0.2) is 54.6 Å². The van der Waals surface area contributed by atoms with Gasteiger partial charge in [0.1, 0.15) is 23.1 Å². The highest BCUT2D eigenvalue weighted by Gasteiger charge is 2.24. The number of piperazine rings is 1. The number of benzene rings is 2. The number of halogens is 1. The molecule has 2 aromatic carbocycles. The van der Waals surface area contributed by atoms with E-state index >= 15 is 0 Å². The van der Waals surface area contributed by atoms with Gasteiger partial charge in [0.25, 0.3) is 5.91 Å². The monoisotopic (exact) mass is 461 g/mol. The molecule has 3 aromatic rings. The Morgan fingerprint density at radius 3 is 2.32 bits per heavy atom. The van der Waals surface area contributed by atoms with Crippen LogP contribution < -0.4 is 14.5 Å². The number of hydrogen-bond acceptors (Lipinski definition) is 6. The van der Waals surface area contributed by atoms with Crippen molar-refractivity contribution in [2.24, 2.45) is 0 Å². The van der Waals surface area contributed by atoms with Crippen molar-refractivity contribution in [3.63, 3.8) is 0 Å². The van der Waals surface area contributed by atoms with E-state index in [1.54, 1.807) is 36.4 Å². The second-order valence-corrected chi connectivity index (χ2v) is 8.72. The van der Waals surface area contributed by atoms with E-state index in [4.69, 9.17) is 9.72 Å². The molecule has 0 saturated carbocycles. The lowest BCUT2D eigenvalue weighted by molar-refractivity contribution is 0.0746. The molecule has 1 aromatic heterocycles. The number of rotatable bonds is 5. The molecule has 0 atom stereocenters. The molecule has 8 heteroatoms. The summed E-state index contributed by atoms with van der Waals surface area (Å²) in [6.07, 6.45) is 2.37. The van der Waals surface area contributed by atoms with Crippen LogP contribution in [0.4, 0.5) is 16.2 Å². The standard InChI is InChI=1S/C26H28FN5O2/c1-19-17-24(29-26(28-19)32-11-2-3-12-32)30-13-15-31(16-14-30)25(33)20-5-4-6-23(18-20)34-22-9-7-21(27)8-10-22/h4-10,17-18H,2-3,11-16H2,1H3. The van der Waals surface area contributed by atoms with Crippen LogP contribution in [-0.4, -0.2) is 60.0 Å². The van der Waals surface area contributed by atoms with Crippen molar-refractivity contribution >= 4 is 17.7 Å². The summed E-state index contributed by atoms with van der Waals surface area (Å²) in [4.78, 5) is 28.9. The maximum atomic E-state index is 13.1. The largest absolute Gasteiger partial charge is 0.457 e. The lowest BCUT2D eigenvalue weighted by atomic mass is 10.1. The zero-order chi connectivity index (χ0) is 23.5. The number of ether oxygens (including phenoxy) is 1. The topological polar surface area (TPSA) is 61.8 Å². The predicted octanol–water partition coefficient (Wildman–Crippen LogP) is 4.28. The van der Waals surface area contributed by atoms with Gasteiger partial charge in [-0.2, -0.15) is 4.98 Å². The first-order chi connectivity index (χ1) is 16.5. The summed E-state index contributed by atoms with van der Waals surface area (Å²) in [5.74, 6) is 2.45. The van der Waals surface area contributed by atoms with E-state index in [1.165, 1.54) is 25.0 Å². The minimum atomic E-state index is -0.320. The summed E-state index contributed by atoms with van der Waals surface area (Å²) in [6.45, 7) is 6.69. The Labute approximate surface area is 198 Å². The Morgan fingerprint density at radius 1 is 0.853 bits per heavy atom. The van der Waals surface area contributed by atoms with Gasteiger partial charge in [-0.05, 0) is 62.2 Å². The smallest absolute Gasteiger partial charge is 0.254 e. The van der Waals surface area contributed by atoms with Crippen molar-refractivity contribution in [3.05, 3.63) is 71.7 Å². The van der Waals surface area contributed by atoms with E-state index in [9.17, 15) is 9.18 Å².